The maximum absolute atomic E-state index is 14.0. The van der Waals surface area contributed by atoms with Gasteiger partial charge in [-0.3, -0.25) is 9.67 Å². The van der Waals surface area contributed by atoms with Gasteiger partial charge in [-0.05, 0) is 48.6 Å². The Morgan fingerprint density at radius 1 is 1.25 bits per heavy atom. The topological polar surface area (TPSA) is 70.9 Å². The first kappa shape index (κ1) is 16.3. The zero-order valence-corrected chi connectivity index (χ0v) is 13.3. The maximum Gasteiger partial charge on any atom is 0.337 e. The summed E-state index contributed by atoms with van der Waals surface area (Å²) in [6, 6.07) is 7.08. The smallest absolute Gasteiger partial charge is 0.337 e. The molecule has 0 saturated heterocycles. The van der Waals surface area contributed by atoms with E-state index in [1.54, 1.807) is 0 Å². The molecule has 0 bridgehead atoms. The van der Waals surface area contributed by atoms with Crippen LogP contribution in [0.15, 0.2) is 36.4 Å². The van der Waals surface area contributed by atoms with E-state index in [-0.39, 0.29) is 26.7 Å². The first-order chi connectivity index (χ1) is 11.4. The molecule has 0 atom stereocenters. The summed E-state index contributed by atoms with van der Waals surface area (Å²) in [7, 11) is 0. The normalized spacial score (nSPS) is 10.8. The van der Waals surface area contributed by atoms with Gasteiger partial charge in [0.25, 0.3) is 0 Å². The van der Waals surface area contributed by atoms with Gasteiger partial charge in [0.05, 0.1) is 21.8 Å². The lowest BCUT2D eigenvalue weighted by Crippen LogP contribution is -2.03. The number of nitrogens with one attached hydrogen (secondary N) is 1. The first-order valence-corrected chi connectivity index (χ1v) is 7.33. The molecule has 3 rings (SSSR count). The number of aromatic amines is 1. The molecule has 0 unspecified atom stereocenters. The van der Waals surface area contributed by atoms with E-state index < -0.39 is 17.6 Å². The predicted molar refractivity (Wildman–Crippen MR) is 86.1 cm³/mol. The van der Waals surface area contributed by atoms with Crippen LogP contribution in [0.1, 0.15) is 10.4 Å². The van der Waals surface area contributed by atoms with Gasteiger partial charge in [0.1, 0.15) is 11.6 Å². The fourth-order valence-corrected chi connectivity index (χ4v) is 2.64. The molecule has 0 aliphatic carbocycles. The van der Waals surface area contributed by atoms with Crippen LogP contribution in [-0.2, 0) is 0 Å². The molecule has 5 nitrogen and oxygen atoms in total. The van der Waals surface area contributed by atoms with Gasteiger partial charge in [0.2, 0.25) is 0 Å². The molecule has 3 aromatic rings. The van der Waals surface area contributed by atoms with E-state index in [0.29, 0.717) is 5.69 Å². The second-order valence-electron chi connectivity index (χ2n) is 4.78. The van der Waals surface area contributed by atoms with Crippen LogP contribution >= 0.6 is 23.8 Å². The molecular weight excluding hydrogens is 360 g/mol. The molecule has 0 fully saturated rings. The van der Waals surface area contributed by atoms with Gasteiger partial charge in [0.15, 0.2) is 10.6 Å². The predicted octanol–water partition coefficient (Wildman–Crippen LogP) is 4.23. The molecular formula is C15H8ClF2N3O2S. The Hall–Kier alpha value is -2.58. The zero-order chi connectivity index (χ0) is 17.4. The van der Waals surface area contributed by atoms with Crippen LogP contribution in [0.25, 0.3) is 17.1 Å². The van der Waals surface area contributed by atoms with Crippen molar-refractivity contribution < 1.29 is 18.7 Å². The van der Waals surface area contributed by atoms with Gasteiger partial charge in [-0.2, -0.15) is 5.10 Å². The number of carboxylic acid groups (broad SMARTS) is 1. The summed E-state index contributed by atoms with van der Waals surface area (Å²) in [5.74, 6) is -2.56. The van der Waals surface area contributed by atoms with E-state index in [2.05, 4.69) is 10.2 Å². The molecule has 0 aliphatic heterocycles. The van der Waals surface area contributed by atoms with Crippen molar-refractivity contribution in [2.75, 3.05) is 0 Å². The fraction of sp³-hybridized carbons (Fsp3) is 0. The fourth-order valence-electron chi connectivity index (χ4n) is 2.20. The average molecular weight is 368 g/mol. The number of rotatable bonds is 3. The van der Waals surface area contributed by atoms with Crippen LogP contribution in [0.2, 0.25) is 5.02 Å². The largest absolute Gasteiger partial charge is 0.478 e. The second kappa shape index (κ2) is 6.14. The molecule has 122 valence electrons. The van der Waals surface area contributed by atoms with Crippen molar-refractivity contribution in [2.24, 2.45) is 0 Å². The van der Waals surface area contributed by atoms with Gasteiger partial charge in [-0.1, -0.05) is 11.6 Å². The molecule has 2 aromatic carbocycles. The zero-order valence-electron chi connectivity index (χ0n) is 11.8. The van der Waals surface area contributed by atoms with Gasteiger partial charge < -0.3 is 5.11 Å². The Balaban J connectivity index is 2.26. The maximum atomic E-state index is 14.0. The van der Waals surface area contributed by atoms with Crippen molar-refractivity contribution in [2.45, 2.75) is 0 Å². The monoisotopic (exact) mass is 367 g/mol. The minimum atomic E-state index is -1.23. The molecule has 0 radical (unpaired) electrons. The molecule has 1 heterocycles. The van der Waals surface area contributed by atoms with E-state index in [1.165, 1.54) is 22.8 Å². The van der Waals surface area contributed by atoms with Crippen molar-refractivity contribution >= 4 is 29.8 Å². The number of halogens is 3. The van der Waals surface area contributed by atoms with E-state index in [9.17, 15) is 18.7 Å². The van der Waals surface area contributed by atoms with E-state index in [0.717, 1.165) is 18.2 Å². The summed E-state index contributed by atoms with van der Waals surface area (Å²) in [6.07, 6.45) is 0. The Bertz CT molecular complexity index is 1020. The van der Waals surface area contributed by atoms with Crippen molar-refractivity contribution in [1.29, 1.82) is 0 Å². The van der Waals surface area contributed by atoms with Crippen LogP contribution in [-0.4, -0.2) is 25.8 Å². The third kappa shape index (κ3) is 2.81. The van der Waals surface area contributed by atoms with Crippen molar-refractivity contribution in [3.63, 3.8) is 0 Å². The number of hydrogen-bond donors (Lipinski definition) is 2. The van der Waals surface area contributed by atoms with Crippen molar-refractivity contribution in [1.82, 2.24) is 14.8 Å². The molecule has 0 spiro atoms. The summed E-state index contributed by atoms with van der Waals surface area (Å²) in [5.41, 5.74) is 0.0336. The van der Waals surface area contributed by atoms with Gasteiger partial charge in [-0.15, -0.1) is 0 Å². The van der Waals surface area contributed by atoms with Crippen molar-refractivity contribution in [3.8, 4) is 17.1 Å². The number of aromatic nitrogens is 3. The third-order valence-electron chi connectivity index (χ3n) is 3.28. The standard InChI is InChI=1S/C15H8ClF2N3O2S/c16-11-3-2-8(6-9(11)14(22)23)21-13(19-20-15(21)24)10-5-7(17)1-4-12(10)18/h1-6H,(H,20,24)(H,22,23). The van der Waals surface area contributed by atoms with Crippen molar-refractivity contribution in [3.05, 3.63) is 63.4 Å². The Morgan fingerprint density at radius 2 is 2.00 bits per heavy atom. The highest BCUT2D eigenvalue weighted by atomic mass is 35.5. The second-order valence-corrected chi connectivity index (χ2v) is 5.58. The first-order valence-electron chi connectivity index (χ1n) is 6.54. The molecule has 0 amide bonds. The summed E-state index contributed by atoms with van der Waals surface area (Å²) >= 11 is 11.0. The Morgan fingerprint density at radius 3 is 2.71 bits per heavy atom. The number of H-pyrrole nitrogens is 1. The summed E-state index contributed by atoms with van der Waals surface area (Å²) in [5, 5.41) is 15.6. The van der Waals surface area contributed by atoms with Crippen LogP contribution in [0.3, 0.4) is 0 Å². The molecule has 2 N–H and O–H groups in total. The number of nitrogens with zero attached hydrogens (tertiary/aromatic N) is 2. The van der Waals surface area contributed by atoms with E-state index >= 15 is 0 Å². The van der Waals surface area contributed by atoms with E-state index in [1.807, 2.05) is 0 Å². The third-order valence-corrected chi connectivity index (χ3v) is 3.88. The Kier molecular flexibility index (Phi) is 4.16. The number of carbonyl (C=O) groups is 1. The lowest BCUT2D eigenvalue weighted by molar-refractivity contribution is 0.0697. The molecule has 1 aromatic heterocycles. The molecule has 0 saturated carbocycles. The molecule has 0 aliphatic rings. The molecule has 24 heavy (non-hydrogen) atoms. The summed E-state index contributed by atoms with van der Waals surface area (Å²) < 4.78 is 28.9. The Labute approximate surface area is 144 Å². The number of benzene rings is 2. The van der Waals surface area contributed by atoms with Gasteiger partial charge in [-0.25, -0.2) is 13.6 Å². The number of aromatic carboxylic acids is 1. The van der Waals surface area contributed by atoms with Gasteiger partial charge >= 0.3 is 5.97 Å². The quantitative estimate of drug-likeness (QED) is 0.680. The summed E-state index contributed by atoms with van der Waals surface area (Å²) in [4.78, 5) is 11.2. The van der Waals surface area contributed by atoms with E-state index in [4.69, 9.17) is 23.8 Å². The number of carboxylic acids is 1. The minimum Gasteiger partial charge on any atom is -0.478 e. The SMILES string of the molecule is O=C(O)c1cc(-n2c(-c3cc(F)ccc3F)n[nH]c2=S)ccc1Cl. The highest BCUT2D eigenvalue weighted by molar-refractivity contribution is 7.71. The highest BCUT2D eigenvalue weighted by Crippen LogP contribution is 2.27. The minimum absolute atomic E-state index is 0.00987. The highest BCUT2D eigenvalue weighted by Gasteiger charge is 2.17. The van der Waals surface area contributed by atoms with Crippen LogP contribution < -0.4 is 0 Å². The molecule has 9 heteroatoms. The average Bonchev–Trinajstić information content (AvgIpc) is 2.91. The lowest BCUT2D eigenvalue weighted by atomic mass is 10.1. The number of hydrogen-bond acceptors (Lipinski definition) is 3. The van der Waals surface area contributed by atoms with Crippen LogP contribution in [0, 0.1) is 16.4 Å². The summed E-state index contributed by atoms with van der Waals surface area (Å²) in [6.45, 7) is 0. The van der Waals surface area contributed by atoms with Crippen LogP contribution in [0.5, 0.6) is 0 Å². The van der Waals surface area contributed by atoms with Crippen LogP contribution in [0.4, 0.5) is 8.78 Å². The lowest BCUT2D eigenvalue weighted by Gasteiger charge is -2.09. The van der Waals surface area contributed by atoms with Gasteiger partial charge in [0, 0.05) is 0 Å².